The van der Waals surface area contributed by atoms with Gasteiger partial charge in [0, 0.05) is 10.4 Å². The molecule has 1 aliphatic carbocycles. The minimum Gasteiger partial charge on any atom is -0.481 e. The van der Waals surface area contributed by atoms with Gasteiger partial charge in [-0.15, -0.1) is 0 Å². The first kappa shape index (κ1) is 12.4. The Morgan fingerprint density at radius 1 is 1.32 bits per heavy atom. The third kappa shape index (κ3) is 2.30. The van der Waals surface area contributed by atoms with Gasteiger partial charge in [0.05, 0.1) is 17.8 Å². The van der Waals surface area contributed by atoms with Gasteiger partial charge in [-0.25, -0.2) is 4.98 Å². The number of imidazole rings is 1. The minimum atomic E-state index is -0.724. The van der Waals surface area contributed by atoms with Gasteiger partial charge < -0.3 is 10.1 Å². The zero-order valence-corrected chi connectivity index (χ0v) is 11.7. The molecule has 1 aliphatic rings. The van der Waals surface area contributed by atoms with E-state index in [0.29, 0.717) is 0 Å². The van der Waals surface area contributed by atoms with Crippen molar-refractivity contribution in [1.29, 1.82) is 0 Å². The Morgan fingerprint density at radius 3 is 2.63 bits per heavy atom. The van der Waals surface area contributed by atoms with Gasteiger partial charge in [0.25, 0.3) is 0 Å². The second kappa shape index (κ2) is 4.81. The molecule has 0 spiro atoms. The predicted octanol–water partition coefficient (Wildman–Crippen LogP) is 3.42. The van der Waals surface area contributed by atoms with Crippen LogP contribution in [0.15, 0.2) is 34.9 Å². The second-order valence-corrected chi connectivity index (χ2v) is 5.73. The van der Waals surface area contributed by atoms with Crippen LogP contribution in [-0.4, -0.2) is 21.0 Å². The van der Waals surface area contributed by atoms with Crippen LogP contribution in [0.5, 0.6) is 0 Å². The fourth-order valence-corrected chi connectivity index (χ4v) is 2.69. The lowest BCUT2D eigenvalue weighted by molar-refractivity contribution is -0.145. The number of carboxylic acids is 1. The van der Waals surface area contributed by atoms with Crippen LogP contribution < -0.4 is 0 Å². The van der Waals surface area contributed by atoms with Crippen molar-refractivity contribution in [3.05, 3.63) is 40.8 Å². The molecule has 2 N–H and O–H groups in total. The van der Waals surface area contributed by atoms with Gasteiger partial charge in [-0.05, 0) is 30.5 Å². The van der Waals surface area contributed by atoms with E-state index in [4.69, 9.17) is 5.11 Å². The molecule has 1 fully saturated rings. The van der Waals surface area contributed by atoms with E-state index in [1.54, 1.807) is 6.20 Å². The third-order valence-electron chi connectivity index (χ3n) is 3.69. The molecule has 0 aliphatic heterocycles. The molecule has 1 aromatic heterocycles. The Kier molecular flexibility index (Phi) is 3.14. The molecule has 0 radical (unpaired) electrons. The van der Waals surface area contributed by atoms with Crippen LogP contribution in [-0.2, 0) is 4.79 Å². The second-order valence-electron chi connectivity index (χ2n) is 4.82. The molecule has 3 rings (SSSR count). The van der Waals surface area contributed by atoms with Crippen molar-refractivity contribution in [2.45, 2.75) is 18.8 Å². The van der Waals surface area contributed by atoms with Crippen LogP contribution in [0.1, 0.15) is 24.6 Å². The molecule has 1 aromatic carbocycles. The summed E-state index contributed by atoms with van der Waals surface area (Å²) in [7, 11) is 0. The lowest BCUT2D eigenvalue weighted by Crippen LogP contribution is -2.31. The Bertz CT molecular complexity index is 606. The molecule has 1 heterocycles. The summed E-state index contributed by atoms with van der Waals surface area (Å²) >= 11 is 3.40. The molecule has 0 bridgehead atoms. The Morgan fingerprint density at radius 2 is 2.05 bits per heavy atom. The number of nitrogens with one attached hydrogen (secondary N) is 1. The van der Waals surface area contributed by atoms with E-state index in [0.717, 1.165) is 34.4 Å². The number of halogens is 1. The normalized spacial score (nSPS) is 21.9. The average molecular weight is 321 g/mol. The van der Waals surface area contributed by atoms with Crippen LogP contribution in [0.2, 0.25) is 0 Å². The molecule has 4 nitrogen and oxygen atoms in total. The van der Waals surface area contributed by atoms with Gasteiger partial charge in [-0.1, -0.05) is 28.1 Å². The molecule has 1 saturated carbocycles. The van der Waals surface area contributed by atoms with Crippen molar-refractivity contribution >= 4 is 21.9 Å². The Hall–Kier alpha value is -1.62. The van der Waals surface area contributed by atoms with Gasteiger partial charge in [0.1, 0.15) is 5.82 Å². The zero-order chi connectivity index (χ0) is 13.4. The Labute approximate surface area is 119 Å². The fraction of sp³-hybridized carbons (Fsp3) is 0.286. The number of hydrogen-bond donors (Lipinski definition) is 2. The maximum Gasteiger partial charge on any atom is 0.307 e. The number of aliphatic carboxylic acids is 1. The summed E-state index contributed by atoms with van der Waals surface area (Å²) in [5, 5.41) is 9.07. The minimum absolute atomic E-state index is 0.0294. The summed E-state index contributed by atoms with van der Waals surface area (Å²) in [6.07, 6.45) is 3.41. The van der Waals surface area contributed by atoms with E-state index in [1.165, 1.54) is 0 Å². The zero-order valence-electron chi connectivity index (χ0n) is 10.1. The highest BCUT2D eigenvalue weighted by atomic mass is 79.9. The highest BCUT2D eigenvalue weighted by Gasteiger charge is 2.39. The van der Waals surface area contributed by atoms with Crippen LogP contribution in [0.3, 0.4) is 0 Å². The molecule has 0 saturated heterocycles. The molecule has 0 amide bonds. The number of rotatable bonds is 3. The number of carbonyl (C=O) groups is 1. The molecule has 98 valence electrons. The topological polar surface area (TPSA) is 66.0 Å². The van der Waals surface area contributed by atoms with Crippen LogP contribution in [0.4, 0.5) is 0 Å². The van der Waals surface area contributed by atoms with Crippen molar-refractivity contribution < 1.29 is 9.90 Å². The quantitative estimate of drug-likeness (QED) is 0.910. The highest BCUT2D eigenvalue weighted by molar-refractivity contribution is 9.10. The molecule has 2 unspecified atom stereocenters. The standard InChI is InChI=1S/C14H13BrN2O2/c15-9-3-1-8(2-4-9)12-7-16-13(17-12)10-5-6-11(10)14(18)19/h1-4,7,10-11H,5-6H2,(H,16,17)(H,18,19). The van der Waals surface area contributed by atoms with Gasteiger partial charge in [0.2, 0.25) is 0 Å². The van der Waals surface area contributed by atoms with E-state index in [1.807, 2.05) is 24.3 Å². The lowest BCUT2D eigenvalue weighted by atomic mass is 9.73. The third-order valence-corrected chi connectivity index (χ3v) is 4.22. The summed E-state index contributed by atoms with van der Waals surface area (Å²) in [6, 6.07) is 7.94. The van der Waals surface area contributed by atoms with E-state index in [-0.39, 0.29) is 11.8 Å². The lowest BCUT2D eigenvalue weighted by Gasteiger charge is -2.31. The summed E-state index contributed by atoms with van der Waals surface area (Å²) in [5.41, 5.74) is 1.98. The SMILES string of the molecule is O=C(O)C1CCC1c1ncc(-c2ccc(Br)cc2)[nH]1. The van der Waals surface area contributed by atoms with Crippen molar-refractivity contribution in [2.24, 2.45) is 5.92 Å². The maximum atomic E-state index is 11.0. The Balaban J connectivity index is 1.84. The molecule has 2 atom stereocenters. The predicted molar refractivity (Wildman–Crippen MR) is 74.8 cm³/mol. The van der Waals surface area contributed by atoms with Crippen molar-refractivity contribution in [3.8, 4) is 11.3 Å². The number of aromatic nitrogens is 2. The smallest absolute Gasteiger partial charge is 0.307 e. The average Bonchev–Trinajstić information content (AvgIpc) is 2.77. The summed E-state index contributed by atoms with van der Waals surface area (Å²) in [5.74, 6) is -0.194. The van der Waals surface area contributed by atoms with Crippen LogP contribution in [0, 0.1) is 5.92 Å². The number of aromatic amines is 1. The van der Waals surface area contributed by atoms with Gasteiger partial charge in [-0.2, -0.15) is 0 Å². The van der Waals surface area contributed by atoms with Gasteiger partial charge in [-0.3, -0.25) is 4.79 Å². The van der Waals surface area contributed by atoms with E-state index >= 15 is 0 Å². The summed E-state index contributed by atoms with van der Waals surface area (Å²) in [6.45, 7) is 0. The van der Waals surface area contributed by atoms with Crippen LogP contribution in [0.25, 0.3) is 11.3 Å². The first-order valence-corrected chi connectivity index (χ1v) is 6.98. The van der Waals surface area contributed by atoms with Gasteiger partial charge >= 0.3 is 5.97 Å². The van der Waals surface area contributed by atoms with Crippen molar-refractivity contribution in [1.82, 2.24) is 9.97 Å². The molecule has 19 heavy (non-hydrogen) atoms. The van der Waals surface area contributed by atoms with Crippen molar-refractivity contribution in [2.75, 3.05) is 0 Å². The van der Waals surface area contributed by atoms with Crippen LogP contribution >= 0.6 is 15.9 Å². The summed E-state index contributed by atoms with van der Waals surface area (Å²) < 4.78 is 1.03. The fourth-order valence-electron chi connectivity index (χ4n) is 2.42. The molecular weight excluding hydrogens is 308 g/mol. The monoisotopic (exact) mass is 320 g/mol. The first-order valence-electron chi connectivity index (χ1n) is 6.19. The largest absolute Gasteiger partial charge is 0.481 e. The summed E-state index contributed by atoms with van der Waals surface area (Å²) in [4.78, 5) is 18.6. The number of H-pyrrole nitrogens is 1. The number of carboxylic acid groups (broad SMARTS) is 1. The first-order chi connectivity index (χ1) is 9.15. The number of hydrogen-bond acceptors (Lipinski definition) is 2. The maximum absolute atomic E-state index is 11.0. The highest BCUT2D eigenvalue weighted by Crippen LogP contribution is 2.41. The van der Waals surface area contributed by atoms with Crippen molar-refractivity contribution in [3.63, 3.8) is 0 Å². The van der Waals surface area contributed by atoms with E-state index in [2.05, 4.69) is 25.9 Å². The van der Waals surface area contributed by atoms with E-state index in [9.17, 15) is 4.79 Å². The molecule has 5 heteroatoms. The number of nitrogens with zero attached hydrogens (tertiary/aromatic N) is 1. The molecule has 2 aromatic rings. The molecular formula is C14H13BrN2O2. The number of benzene rings is 1. The van der Waals surface area contributed by atoms with E-state index < -0.39 is 5.97 Å². The van der Waals surface area contributed by atoms with Gasteiger partial charge in [0.15, 0.2) is 0 Å².